The molecule has 0 spiro atoms. The number of nitro benzene ring substituents is 1. The molecule has 1 amide bonds. The van der Waals surface area contributed by atoms with Crippen LogP contribution in [-0.2, 0) is 0 Å². The quantitative estimate of drug-likeness (QED) is 0.631. The third kappa shape index (κ3) is 4.80. The summed E-state index contributed by atoms with van der Waals surface area (Å²) in [5.41, 5.74) is 0.132. The van der Waals surface area contributed by atoms with Gasteiger partial charge in [-0.15, -0.1) is 12.4 Å². The van der Waals surface area contributed by atoms with Crippen LogP contribution in [0.2, 0.25) is 0 Å². The second-order valence-electron chi connectivity index (χ2n) is 5.89. The standard InChI is InChI=1S/C15H21N3O4.ClH/c1-15(5-7-16-8-6-15)10-17-14(19)11-3-4-13(22-2)12(9-11)18(20)21;/h3-4,9,16H,5-8,10H2,1-2H3,(H,17,19);1H. The summed E-state index contributed by atoms with van der Waals surface area (Å²) in [5, 5.41) is 17.2. The highest BCUT2D eigenvalue weighted by Crippen LogP contribution is 2.29. The fourth-order valence-electron chi connectivity index (χ4n) is 2.58. The molecule has 1 aliphatic rings. The lowest BCUT2D eigenvalue weighted by Gasteiger charge is -2.34. The van der Waals surface area contributed by atoms with Crippen LogP contribution >= 0.6 is 12.4 Å². The molecule has 0 radical (unpaired) electrons. The van der Waals surface area contributed by atoms with Crippen molar-refractivity contribution in [1.29, 1.82) is 0 Å². The lowest BCUT2D eigenvalue weighted by atomic mass is 9.81. The van der Waals surface area contributed by atoms with Gasteiger partial charge in [-0.05, 0) is 43.5 Å². The molecular weight excluding hydrogens is 322 g/mol. The maximum absolute atomic E-state index is 12.2. The molecule has 1 aromatic carbocycles. The van der Waals surface area contributed by atoms with Crippen LogP contribution in [0.5, 0.6) is 5.75 Å². The number of ether oxygens (including phenoxy) is 1. The number of nitrogens with zero attached hydrogens (tertiary/aromatic N) is 1. The summed E-state index contributed by atoms with van der Waals surface area (Å²) in [5.74, 6) is -0.155. The highest BCUT2D eigenvalue weighted by atomic mass is 35.5. The van der Waals surface area contributed by atoms with Crippen LogP contribution in [0.25, 0.3) is 0 Å². The summed E-state index contributed by atoms with van der Waals surface area (Å²) in [6.07, 6.45) is 1.99. The van der Waals surface area contributed by atoms with E-state index in [1.165, 1.54) is 25.3 Å². The third-order valence-corrected chi connectivity index (χ3v) is 4.12. The molecule has 7 nitrogen and oxygen atoms in total. The number of amides is 1. The van der Waals surface area contributed by atoms with Gasteiger partial charge >= 0.3 is 5.69 Å². The summed E-state index contributed by atoms with van der Waals surface area (Å²) >= 11 is 0. The Labute approximate surface area is 141 Å². The van der Waals surface area contributed by atoms with Crippen LogP contribution in [0, 0.1) is 15.5 Å². The number of carbonyl (C=O) groups excluding carboxylic acids is 1. The number of halogens is 1. The monoisotopic (exact) mass is 343 g/mol. The van der Waals surface area contributed by atoms with Gasteiger partial charge in [-0.3, -0.25) is 14.9 Å². The topological polar surface area (TPSA) is 93.5 Å². The van der Waals surface area contributed by atoms with Crippen molar-refractivity contribution in [2.45, 2.75) is 19.8 Å². The molecule has 1 fully saturated rings. The molecule has 8 heteroatoms. The maximum atomic E-state index is 12.2. The number of methoxy groups -OCH3 is 1. The second-order valence-corrected chi connectivity index (χ2v) is 5.89. The van der Waals surface area contributed by atoms with E-state index in [0.29, 0.717) is 6.54 Å². The SMILES string of the molecule is COc1ccc(C(=O)NCC2(C)CCNCC2)cc1[N+](=O)[O-].Cl. The van der Waals surface area contributed by atoms with Crippen molar-refractivity contribution in [3.05, 3.63) is 33.9 Å². The van der Waals surface area contributed by atoms with Crippen LogP contribution in [0.15, 0.2) is 18.2 Å². The van der Waals surface area contributed by atoms with Crippen molar-refractivity contribution in [1.82, 2.24) is 10.6 Å². The van der Waals surface area contributed by atoms with E-state index < -0.39 is 4.92 Å². The molecule has 128 valence electrons. The number of nitrogens with one attached hydrogen (secondary N) is 2. The molecule has 1 heterocycles. The number of nitro groups is 1. The van der Waals surface area contributed by atoms with Crippen molar-refractivity contribution >= 4 is 24.0 Å². The van der Waals surface area contributed by atoms with Crippen molar-refractivity contribution in [2.24, 2.45) is 5.41 Å². The Bertz CT molecular complexity index is 574. The van der Waals surface area contributed by atoms with Crippen molar-refractivity contribution in [3.8, 4) is 5.75 Å². The van der Waals surface area contributed by atoms with E-state index in [0.717, 1.165) is 25.9 Å². The Hall–Kier alpha value is -1.86. The molecule has 0 aromatic heterocycles. The zero-order chi connectivity index (χ0) is 16.2. The summed E-state index contributed by atoms with van der Waals surface area (Å²) in [7, 11) is 1.36. The normalized spacial score (nSPS) is 16.1. The second kappa shape index (κ2) is 8.12. The van der Waals surface area contributed by atoms with E-state index >= 15 is 0 Å². The average Bonchev–Trinajstić information content (AvgIpc) is 2.52. The summed E-state index contributed by atoms with van der Waals surface area (Å²) in [6.45, 7) is 4.60. The first-order chi connectivity index (χ1) is 10.4. The number of benzene rings is 1. The smallest absolute Gasteiger partial charge is 0.311 e. The van der Waals surface area contributed by atoms with E-state index in [-0.39, 0.29) is 40.7 Å². The predicted octanol–water partition coefficient (Wildman–Crippen LogP) is 2.14. The molecule has 0 atom stereocenters. The Morgan fingerprint density at radius 1 is 1.43 bits per heavy atom. The summed E-state index contributed by atoms with van der Waals surface area (Å²) < 4.78 is 4.93. The van der Waals surface area contributed by atoms with E-state index in [9.17, 15) is 14.9 Å². The van der Waals surface area contributed by atoms with Crippen LogP contribution < -0.4 is 15.4 Å². The molecule has 0 aliphatic carbocycles. The zero-order valence-corrected chi connectivity index (χ0v) is 14.1. The van der Waals surface area contributed by atoms with Gasteiger partial charge in [0.2, 0.25) is 0 Å². The first-order valence-corrected chi connectivity index (χ1v) is 7.26. The van der Waals surface area contributed by atoms with E-state index in [1.807, 2.05) is 0 Å². The Balaban J connectivity index is 0.00000264. The fourth-order valence-corrected chi connectivity index (χ4v) is 2.58. The van der Waals surface area contributed by atoms with Gasteiger partial charge in [0.05, 0.1) is 12.0 Å². The van der Waals surface area contributed by atoms with Crippen LogP contribution in [0.1, 0.15) is 30.1 Å². The minimum absolute atomic E-state index is 0. The summed E-state index contributed by atoms with van der Waals surface area (Å²) in [4.78, 5) is 22.7. The molecule has 0 unspecified atom stereocenters. The van der Waals surface area contributed by atoms with E-state index in [4.69, 9.17) is 4.74 Å². The zero-order valence-electron chi connectivity index (χ0n) is 13.3. The molecule has 2 N–H and O–H groups in total. The highest BCUT2D eigenvalue weighted by Gasteiger charge is 2.27. The molecule has 1 saturated heterocycles. The van der Waals surface area contributed by atoms with Gasteiger partial charge in [-0.25, -0.2) is 0 Å². The Kier molecular flexibility index (Phi) is 6.78. The van der Waals surface area contributed by atoms with Crippen molar-refractivity contribution < 1.29 is 14.5 Å². The third-order valence-electron chi connectivity index (χ3n) is 4.12. The highest BCUT2D eigenvalue weighted by molar-refractivity contribution is 5.95. The largest absolute Gasteiger partial charge is 0.490 e. The van der Waals surface area contributed by atoms with Gasteiger partial charge in [-0.1, -0.05) is 6.92 Å². The molecule has 1 aromatic rings. The van der Waals surface area contributed by atoms with Gasteiger partial charge in [0.25, 0.3) is 5.91 Å². The van der Waals surface area contributed by atoms with Crippen molar-refractivity contribution in [3.63, 3.8) is 0 Å². The fraction of sp³-hybridized carbons (Fsp3) is 0.533. The summed E-state index contributed by atoms with van der Waals surface area (Å²) in [6, 6.07) is 4.23. The molecule has 23 heavy (non-hydrogen) atoms. The Morgan fingerprint density at radius 3 is 2.65 bits per heavy atom. The predicted molar refractivity (Wildman–Crippen MR) is 89.4 cm³/mol. The number of carbonyl (C=O) groups is 1. The molecule has 0 bridgehead atoms. The van der Waals surface area contributed by atoms with E-state index in [1.54, 1.807) is 0 Å². The molecular formula is C15H22ClN3O4. The van der Waals surface area contributed by atoms with Gasteiger partial charge in [0, 0.05) is 18.2 Å². The average molecular weight is 344 g/mol. The molecule has 0 saturated carbocycles. The number of hydrogen-bond acceptors (Lipinski definition) is 5. The number of piperidine rings is 1. The van der Waals surface area contributed by atoms with Crippen LogP contribution in [0.4, 0.5) is 5.69 Å². The van der Waals surface area contributed by atoms with Gasteiger partial charge in [-0.2, -0.15) is 0 Å². The first kappa shape index (κ1) is 19.2. The maximum Gasteiger partial charge on any atom is 0.311 e. The minimum atomic E-state index is -0.552. The van der Waals surface area contributed by atoms with Crippen LogP contribution in [0.3, 0.4) is 0 Å². The van der Waals surface area contributed by atoms with Crippen LogP contribution in [-0.4, -0.2) is 37.6 Å². The van der Waals surface area contributed by atoms with Gasteiger partial charge < -0.3 is 15.4 Å². The number of rotatable bonds is 5. The van der Waals surface area contributed by atoms with Gasteiger partial charge in [0.1, 0.15) is 0 Å². The first-order valence-electron chi connectivity index (χ1n) is 7.26. The van der Waals surface area contributed by atoms with E-state index in [2.05, 4.69) is 17.6 Å². The van der Waals surface area contributed by atoms with Crippen molar-refractivity contribution in [2.75, 3.05) is 26.7 Å². The Morgan fingerprint density at radius 2 is 2.09 bits per heavy atom. The molecule has 2 rings (SSSR count). The minimum Gasteiger partial charge on any atom is -0.490 e. The lowest BCUT2D eigenvalue weighted by Crippen LogP contribution is -2.42. The van der Waals surface area contributed by atoms with Gasteiger partial charge in [0.15, 0.2) is 5.75 Å². The number of hydrogen-bond donors (Lipinski definition) is 2. The lowest BCUT2D eigenvalue weighted by molar-refractivity contribution is -0.385. The molecule has 1 aliphatic heterocycles.